The molecule has 0 aromatic heterocycles. The second kappa shape index (κ2) is 4.55. The van der Waals surface area contributed by atoms with Gasteiger partial charge in [0.1, 0.15) is 5.75 Å². The molecule has 1 N–H and O–H groups in total. The number of piperazine rings is 1. The van der Waals surface area contributed by atoms with Crippen LogP contribution in [-0.2, 0) is 0 Å². The van der Waals surface area contributed by atoms with Crippen molar-refractivity contribution in [1.82, 2.24) is 10.2 Å². The van der Waals surface area contributed by atoms with Gasteiger partial charge in [0.05, 0.1) is 18.7 Å². The van der Waals surface area contributed by atoms with E-state index in [1.807, 2.05) is 23.1 Å². The predicted molar refractivity (Wildman–Crippen MR) is 66.9 cm³/mol. The van der Waals surface area contributed by atoms with Gasteiger partial charge < -0.3 is 15.0 Å². The second-order valence-electron chi connectivity index (χ2n) is 4.14. The highest BCUT2D eigenvalue weighted by atomic mass is 35.5. The van der Waals surface area contributed by atoms with E-state index in [0.29, 0.717) is 5.75 Å². The zero-order valence-corrected chi connectivity index (χ0v) is 10.4. The molecule has 1 saturated heterocycles. The van der Waals surface area contributed by atoms with E-state index in [2.05, 4.69) is 5.32 Å². The lowest BCUT2D eigenvalue weighted by molar-refractivity contribution is 0.0689. The first-order valence-corrected chi connectivity index (χ1v) is 5.51. The van der Waals surface area contributed by atoms with Crippen LogP contribution >= 0.6 is 12.4 Å². The Hall–Kier alpha value is -1.26. The van der Waals surface area contributed by atoms with Gasteiger partial charge in [0.2, 0.25) is 0 Å². The van der Waals surface area contributed by atoms with Crippen LogP contribution in [0.25, 0.3) is 0 Å². The number of methoxy groups -OCH3 is 1. The van der Waals surface area contributed by atoms with E-state index < -0.39 is 0 Å². The number of hydrogen-bond donors (Lipinski definition) is 1. The average molecular weight is 255 g/mol. The van der Waals surface area contributed by atoms with E-state index in [0.717, 1.165) is 30.8 Å². The maximum Gasteiger partial charge on any atom is 0.258 e. The topological polar surface area (TPSA) is 41.6 Å². The first-order valence-electron chi connectivity index (χ1n) is 5.51. The molecule has 1 aromatic carbocycles. The van der Waals surface area contributed by atoms with Crippen molar-refractivity contribution < 1.29 is 9.53 Å². The molecule has 2 heterocycles. The average Bonchev–Trinajstić information content (AvgIpc) is 2.64. The summed E-state index contributed by atoms with van der Waals surface area (Å²) in [5.74, 6) is 0.802. The van der Waals surface area contributed by atoms with Crippen molar-refractivity contribution >= 4 is 18.3 Å². The van der Waals surface area contributed by atoms with Gasteiger partial charge in [-0.1, -0.05) is 12.1 Å². The molecule has 0 unspecified atom stereocenters. The predicted octanol–water partition coefficient (Wildman–Crippen LogP) is 1.22. The molecular weight excluding hydrogens is 240 g/mol. The van der Waals surface area contributed by atoms with Crippen molar-refractivity contribution in [1.29, 1.82) is 0 Å². The second-order valence-corrected chi connectivity index (χ2v) is 4.14. The highest BCUT2D eigenvalue weighted by Gasteiger charge is 2.39. The molecule has 3 rings (SSSR count). The number of fused-ring (bicyclic) bond motifs is 3. The summed E-state index contributed by atoms with van der Waals surface area (Å²) < 4.78 is 5.27. The molecule has 0 saturated carbocycles. The summed E-state index contributed by atoms with van der Waals surface area (Å²) in [5, 5.41) is 3.32. The van der Waals surface area contributed by atoms with Crippen LogP contribution in [0.4, 0.5) is 0 Å². The minimum Gasteiger partial charge on any atom is -0.496 e. The number of carbonyl (C=O) groups is 1. The third kappa shape index (κ3) is 1.68. The molecule has 92 valence electrons. The molecular formula is C12H15ClN2O2. The summed E-state index contributed by atoms with van der Waals surface area (Å²) in [6.07, 6.45) is 0. The van der Waals surface area contributed by atoms with E-state index in [-0.39, 0.29) is 24.4 Å². The lowest BCUT2D eigenvalue weighted by atomic mass is 10.0. The molecule has 1 atom stereocenters. The molecule has 0 aliphatic carbocycles. The third-order valence-electron chi connectivity index (χ3n) is 3.36. The molecule has 0 bridgehead atoms. The Kier molecular flexibility index (Phi) is 3.26. The molecule has 0 radical (unpaired) electrons. The number of hydrogen-bond acceptors (Lipinski definition) is 3. The van der Waals surface area contributed by atoms with Crippen LogP contribution in [0, 0.1) is 0 Å². The molecule has 0 spiro atoms. The van der Waals surface area contributed by atoms with E-state index in [1.54, 1.807) is 7.11 Å². The van der Waals surface area contributed by atoms with Crippen molar-refractivity contribution in [3.63, 3.8) is 0 Å². The normalized spacial score (nSPS) is 21.6. The molecule has 2 aliphatic heterocycles. The molecule has 1 aromatic rings. The number of halogens is 1. The Bertz CT molecular complexity index is 450. The van der Waals surface area contributed by atoms with Gasteiger partial charge in [0.25, 0.3) is 5.91 Å². The molecule has 5 heteroatoms. The maximum atomic E-state index is 12.2. The van der Waals surface area contributed by atoms with Crippen LogP contribution in [0.3, 0.4) is 0 Å². The van der Waals surface area contributed by atoms with Crippen LogP contribution in [0.15, 0.2) is 18.2 Å². The van der Waals surface area contributed by atoms with Crippen molar-refractivity contribution in [2.45, 2.75) is 6.04 Å². The summed E-state index contributed by atoms with van der Waals surface area (Å²) in [6.45, 7) is 2.49. The number of ether oxygens (including phenoxy) is 1. The van der Waals surface area contributed by atoms with Gasteiger partial charge in [-0.2, -0.15) is 0 Å². The monoisotopic (exact) mass is 254 g/mol. The zero-order chi connectivity index (χ0) is 11.1. The Balaban J connectivity index is 0.00000108. The largest absolute Gasteiger partial charge is 0.496 e. The molecule has 2 aliphatic rings. The number of nitrogens with one attached hydrogen (secondary N) is 1. The van der Waals surface area contributed by atoms with Gasteiger partial charge in [0.15, 0.2) is 0 Å². The minimum absolute atomic E-state index is 0. The molecule has 17 heavy (non-hydrogen) atoms. The number of amides is 1. The Labute approximate surface area is 106 Å². The minimum atomic E-state index is 0. The molecule has 1 fully saturated rings. The van der Waals surface area contributed by atoms with Gasteiger partial charge >= 0.3 is 0 Å². The van der Waals surface area contributed by atoms with E-state index in [4.69, 9.17) is 4.74 Å². The lowest BCUT2D eigenvalue weighted by Gasteiger charge is -2.30. The number of benzene rings is 1. The van der Waals surface area contributed by atoms with E-state index in [1.165, 1.54) is 0 Å². The van der Waals surface area contributed by atoms with Gasteiger partial charge in [0, 0.05) is 19.6 Å². The van der Waals surface area contributed by atoms with E-state index in [9.17, 15) is 4.79 Å². The van der Waals surface area contributed by atoms with Crippen LogP contribution < -0.4 is 10.1 Å². The lowest BCUT2D eigenvalue weighted by Crippen LogP contribution is -2.44. The summed E-state index contributed by atoms with van der Waals surface area (Å²) in [4.78, 5) is 14.2. The standard InChI is InChI=1S/C12H14N2O2.ClH/c1-16-10-4-2-3-8-9-7-13-5-6-14(9)12(15)11(8)10;/h2-4,9,13H,5-7H2,1H3;1H/t9-;/m1./s1. The fourth-order valence-corrected chi connectivity index (χ4v) is 2.59. The number of rotatable bonds is 1. The van der Waals surface area contributed by atoms with Crippen LogP contribution in [0.2, 0.25) is 0 Å². The van der Waals surface area contributed by atoms with Gasteiger partial charge in [-0.3, -0.25) is 4.79 Å². The van der Waals surface area contributed by atoms with Gasteiger partial charge in [-0.25, -0.2) is 0 Å². The van der Waals surface area contributed by atoms with Crippen LogP contribution in [-0.4, -0.2) is 37.6 Å². The summed E-state index contributed by atoms with van der Waals surface area (Å²) in [7, 11) is 1.61. The van der Waals surface area contributed by atoms with E-state index >= 15 is 0 Å². The van der Waals surface area contributed by atoms with Gasteiger partial charge in [-0.05, 0) is 11.6 Å². The van der Waals surface area contributed by atoms with Crippen LogP contribution in [0.1, 0.15) is 22.0 Å². The molecule has 1 amide bonds. The van der Waals surface area contributed by atoms with Crippen molar-refractivity contribution in [3.05, 3.63) is 29.3 Å². The van der Waals surface area contributed by atoms with Crippen molar-refractivity contribution in [2.24, 2.45) is 0 Å². The maximum absolute atomic E-state index is 12.2. The van der Waals surface area contributed by atoms with Crippen molar-refractivity contribution in [3.8, 4) is 5.75 Å². The number of carbonyl (C=O) groups excluding carboxylic acids is 1. The fourth-order valence-electron chi connectivity index (χ4n) is 2.59. The quantitative estimate of drug-likeness (QED) is 0.819. The summed E-state index contributed by atoms with van der Waals surface area (Å²) >= 11 is 0. The van der Waals surface area contributed by atoms with Crippen molar-refractivity contribution in [2.75, 3.05) is 26.7 Å². The Morgan fingerprint density at radius 2 is 2.29 bits per heavy atom. The summed E-state index contributed by atoms with van der Waals surface area (Å²) in [5.41, 5.74) is 1.84. The highest BCUT2D eigenvalue weighted by molar-refractivity contribution is 6.01. The Morgan fingerprint density at radius 1 is 1.47 bits per heavy atom. The number of nitrogens with zero attached hydrogens (tertiary/aromatic N) is 1. The highest BCUT2D eigenvalue weighted by Crippen LogP contribution is 2.38. The zero-order valence-electron chi connectivity index (χ0n) is 9.60. The molecule has 4 nitrogen and oxygen atoms in total. The smallest absolute Gasteiger partial charge is 0.258 e. The van der Waals surface area contributed by atoms with Gasteiger partial charge in [-0.15, -0.1) is 12.4 Å². The Morgan fingerprint density at radius 3 is 3.06 bits per heavy atom. The SMILES string of the molecule is COc1cccc2c1C(=O)N1CCNC[C@H]21.Cl. The fraction of sp³-hybridized carbons (Fsp3) is 0.417. The first kappa shape index (κ1) is 12.2. The third-order valence-corrected chi connectivity index (χ3v) is 3.36. The van der Waals surface area contributed by atoms with Crippen LogP contribution in [0.5, 0.6) is 5.75 Å². The first-order chi connectivity index (χ1) is 7.83. The summed E-state index contributed by atoms with van der Waals surface area (Å²) in [6, 6.07) is 6.00.